The topological polar surface area (TPSA) is 55.1 Å². The van der Waals surface area contributed by atoms with Crippen LogP contribution in [0, 0.1) is 5.41 Å². The predicted octanol–water partition coefficient (Wildman–Crippen LogP) is 0.884. The first-order valence-corrected chi connectivity index (χ1v) is 4.31. The molecule has 0 aromatic rings. The molecule has 0 aromatic heterocycles. The molecule has 0 rings (SSSR count). The average Bonchev–Trinajstić information content (AvgIpc) is 1.82. The van der Waals surface area contributed by atoms with Gasteiger partial charge in [0.05, 0.1) is 6.04 Å². The predicted molar refractivity (Wildman–Crippen MR) is 50.7 cm³/mol. The van der Waals surface area contributed by atoms with Gasteiger partial charge in [-0.3, -0.25) is 4.79 Å². The van der Waals surface area contributed by atoms with Gasteiger partial charge in [-0.05, 0) is 19.3 Å². The van der Waals surface area contributed by atoms with Gasteiger partial charge in [0.15, 0.2) is 0 Å². The maximum Gasteiger partial charge on any atom is 0.237 e. The number of rotatable bonds is 2. The lowest BCUT2D eigenvalue weighted by Crippen LogP contribution is -2.50. The molecule has 0 aliphatic heterocycles. The summed E-state index contributed by atoms with van der Waals surface area (Å²) in [6.45, 7) is 9.72. The second-order valence-corrected chi connectivity index (χ2v) is 4.51. The highest BCUT2D eigenvalue weighted by molar-refractivity contribution is 5.82. The van der Waals surface area contributed by atoms with Gasteiger partial charge in [0.1, 0.15) is 0 Å². The third kappa shape index (κ3) is 3.72. The average molecular weight is 172 g/mol. The highest BCUT2D eigenvalue weighted by Crippen LogP contribution is 2.17. The Labute approximate surface area is 74.7 Å². The van der Waals surface area contributed by atoms with Crippen molar-refractivity contribution in [3.63, 3.8) is 0 Å². The number of carbonyl (C=O) groups excluding carboxylic acids is 1. The van der Waals surface area contributed by atoms with Crippen LogP contribution in [0.2, 0.25) is 0 Å². The molecule has 0 saturated heterocycles. The molecule has 3 nitrogen and oxygen atoms in total. The van der Waals surface area contributed by atoms with Crippen LogP contribution in [0.15, 0.2) is 0 Å². The van der Waals surface area contributed by atoms with Crippen molar-refractivity contribution in [2.24, 2.45) is 11.1 Å². The molecule has 3 heteroatoms. The SMILES string of the molecule is CC(C)NC(=O)[C@@H](N)C(C)(C)C. The van der Waals surface area contributed by atoms with E-state index in [0.717, 1.165) is 0 Å². The van der Waals surface area contributed by atoms with Crippen molar-refractivity contribution < 1.29 is 4.79 Å². The Bertz CT molecular complexity index is 158. The molecule has 0 bridgehead atoms. The molecule has 0 fully saturated rings. The largest absolute Gasteiger partial charge is 0.353 e. The second kappa shape index (κ2) is 3.90. The van der Waals surface area contributed by atoms with Gasteiger partial charge in [0.2, 0.25) is 5.91 Å². The van der Waals surface area contributed by atoms with E-state index in [0.29, 0.717) is 0 Å². The van der Waals surface area contributed by atoms with Gasteiger partial charge in [-0.15, -0.1) is 0 Å². The highest BCUT2D eigenvalue weighted by atomic mass is 16.2. The molecule has 0 spiro atoms. The molecule has 12 heavy (non-hydrogen) atoms. The lowest BCUT2D eigenvalue weighted by atomic mass is 9.87. The highest BCUT2D eigenvalue weighted by Gasteiger charge is 2.27. The monoisotopic (exact) mass is 172 g/mol. The van der Waals surface area contributed by atoms with Crippen LogP contribution in [-0.2, 0) is 4.79 Å². The first kappa shape index (κ1) is 11.4. The summed E-state index contributed by atoms with van der Waals surface area (Å²) in [5.41, 5.74) is 5.56. The summed E-state index contributed by atoms with van der Waals surface area (Å²) in [5, 5.41) is 2.79. The van der Waals surface area contributed by atoms with Crippen LogP contribution in [0.1, 0.15) is 34.6 Å². The molecular weight excluding hydrogens is 152 g/mol. The minimum absolute atomic E-state index is 0.0718. The maximum atomic E-state index is 11.4. The smallest absolute Gasteiger partial charge is 0.237 e. The van der Waals surface area contributed by atoms with E-state index >= 15 is 0 Å². The van der Waals surface area contributed by atoms with E-state index in [1.807, 2.05) is 34.6 Å². The third-order valence-corrected chi connectivity index (χ3v) is 1.65. The number of hydrogen-bond donors (Lipinski definition) is 2. The Morgan fingerprint density at radius 2 is 1.75 bits per heavy atom. The van der Waals surface area contributed by atoms with E-state index in [2.05, 4.69) is 5.32 Å². The van der Waals surface area contributed by atoms with E-state index in [4.69, 9.17) is 5.73 Å². The minimum Gasteiger partial charge on any atom is -0.353 e. The number of nitrogens with two attached hydrogens (primary N) is 1. The molecule has 1 atom stereocenters. The van der Waals surface area contributed by atoms with E-state index < -0.39 is 6.04 Å². The lowest BCUT2D eigenvalue weighted by Gasteiger charge is -2.26. The van der Waals surface area contributed by atoms with Gasteiger partial charge in [-0.1, -0.05) is 20.8 Å². The number of hydrogen-bond acceptors (Lipinski definition) is 2. The van der Waals surface area contributed by atoms with Crippen molar-refractivity contribution in [1.29, 1.82) is 0 Å². The van der Waals surface area contributed by atoms with Crippen LogP contribution in [0.25, 0.3) is 0 Å². The molecular formula is C9H20N2O. The fourth-order valence-corrected chi connectivity index (χ4v) is 0.768. The number of nitrogens with one attached hydrogen (secondary N) is 1. The van der Waals surface area contributed by atoms with Crippen LogP contribution in [0.5, 0.6) is 0 Å². The normalized spacial score (nSPS) is 14.6. The Kier molecular flexibility index (Phi) is 3.71. The Hall–Kier alpha value is -0.570. The Morgan fingerprint density at radius 1 is 1.33 bits per heavy atom. The summed E-state index contributed by atoms with van der Waals surface area (Å²) in [4.78, 5) is 11.4. The van der Waals surface area contributed by atoms with Gasteiger partial charge in [0, 0.05) is 6.04 Å². The summed E-state index contributed by atoms with van der Waals surface area (Å²) in [5.74, 6) is -0.0718. The van der Waals surface area contributed by atoms with Crippen LogP contribution in [0.3, 0.4) is 0 Å². The first-order chi connectivity index (χ1) is 5.25. The second-order valence-electron chi connectivity index (χ2n) is 4.51. The molecule has 0 aliphatic carbocycles. The molecule has 0 heterocycles. The van der Waals surface area contributed by atoms with Crippen molar-refractivity contribution in [2.45, 2.75) is 46.7 Å². The van der Waals surface area contributed by atoms with Crippen molar-refractivity contribution in [2.75, 3.05) is 0 Å². The summed E-state index contributed by atoms with van der Waals surface area (Å²) < 4.78 is 0. The minimum atomic E-state index is -0.431. The zero-order chi connectivity index (χ0) is 9.94. The van der Waals surface area contributed by atoms with E-state index in [9.17, 15) is 4.79 Å². The van der Waals surface area contributed by atoms with Crippen LogP contribution in [-0.4, -0.2) is 18.0 Å². The zero-order valence-corrected chi connectivity index (χ0v) is 8.64. The maximum absolute atomic E-state index is 11.4. The lowest BCUT2D eigenvalue weighted by molar-refractivity contribution is -0.125. The van der Waals surface area contributed by atoms with Gasteiger partial charge in [-0.25, -0.2) is 0 Å². The van der Waals surface area contributed by atoms with E-state index in [1.165, 1.54) is 0 Å². The molecule has 3 N–H and O–H groups in total. The van der Waals surface area contributed by atoms with Crippen LogP contribution < -0.4 is 11.1 Å². The van der Waals surface area contributed by atoms with Crippen molar-refractivity contribution in [3.8, 4) is 0 Å². The van der Waals surface area contributed by atoms with E-state index in [-0.39, 0.29) is 17.4 Å². The molecule has 0 saturated carbocycles. The molecule has 0 unspecified atom stereocenters. The molecule has 0 radical (unpaired) electrons. The Morgan fingerprint density at radius 3 is 2.00 bits per heavy atom. The Balaban J connectivity index is 4.12. The van der Waals surface area contributed by atoms with Gasteiger partial charge in [-0.2, -0.15) is 0 Å². The van der Waals surface area contributed by atoms with E-state index in [1.54, 1.807) is 0 Å². The van der Waals surface area contributed by atoms with Crippen molar-refractivity contribution >= 4 is 5.91 Å². The summed E-state index contributed by atoms with van der Waals surface area (Å²) >= 11 is 0. The van der Waals surface area contributed by atoms with Gasteiger partial charge >= 0.3 is 0 Å². The number of carbonyl (C=O) groups is 1. The van der Waals surface area contributed by atoms with Crippen molar-refractivity contribution in [1.82, 2.24) is 5.32 Å². The van der Waals surface area contributed by atoms with Crippen molar-refractivity contribution in [3.05, 3.63) is 0 Å². The zero-order valence-electron chi connectivity index (χ0n) is 8.64. The van der Waals surface area contributed by atoms with Gasteiger partial charge in [0.25, 0.3) is 0 Å². The fourth-order valence-electron chi connectivity index (χ4n) is 0.768. The fraction of sp³-hybridized carbons (Fsp3) is 0.889. The van der Waals surface area contributed by atoms with Crippen LogP contribution >= 0.6 is 0 Å². The first-order valence-electron chi connectivity index (χ1n) is 4.31. The quantitative estimate of drug-likeness (QED) is 0.649. The summed E-state index contributed by atoms with van der Waals surface area (Å²) in [6, 6.07) is -0.272. The molecule has 0 aromatic carbocycles. The third-order valence-electron chi connectivity index (χ3n) is 1.65. The summed E-state index contributed by atoms with van der Waals surface area (Å²) in [7, 11) is 0. The standard InChI is InChI=1S/C9H20N2O/c1-6(2)11-8(12)7(10)9(3,4)5/h6-7H,10H2,1-5H3,(H,11,12)/t7-/m1/s1. The molecule has 0 aliphatic rings. The molecule has 1 amide bonds. The van der Waals surface area contributed by atoms with Gasteiger partial charge < -0.3 is 11.1 Å². The van der Waals surface area contributed by atoms with Crippen LogP contribution in [0.4, 0.5) is 0 Å². The number of amides is 1. The summed E-state index contributed by atoms with van der Waals surface area (Å²) in [6.07, 6.45) is 0. The molecule has 72 valence electrons.